The van der Waals surface area contributed by atoms with Gasteiger partial charge in [0.15, 0.2) is 6.10 Å². The third kappa shape index (κ3) is 6.12. The fourth-order valence-corrected chi connectivity index (χ4v) is 4.10. The molecule has 0 saturated heterocycles. The Balaban J connectivity index is 1.43. The first-order chi connectivity index (χ1) is 16.9. The largest absolute Gasteiger partial charge is 0.449 e. The highest BCUT2D eigenvalue weighted by molar-refractivity contribution is 9.10. The molecule has 1 heterocycles. The van der Waals surface area contributed by atoms with E-state index in [-0.39, 0.29) is 24.5 Å². The fraction of sp³-hybridized carbons (Fsp3) is 0.111. The van der Waals surface area contributed by atoms with Crippen LogP contribution in [0.5, 0.6) is 0 Å². The molecular weight excluding hydrogens is 532 g/mol. The maximum absolute atomic E-state index is 13.1. The lowest BCUT2D eigenvalue weighted by molar-refractivity contribution is -0.148. The molecule has 4 rings (SSSR count). The number of aromatic nitrogens is 1. The number of ether oxygens (including phenoxy) is 1. The van der Waals surface area contributed by atoms with E-state index in [0.717, 1.165) is 9.86 Å². The number of nitrogens with zero attached hydrogens (tertiary/aromatic N) is 1. The number of benzene rings is 3. The van der Waals surface area contributed by atoms with Crippen LogP contribution in [0.3, 0.4) is 0 Å². The minimum Gasteiger partial charge on any atom is -0.449 e. The lowest BCUT2D eigenvalue weighted by Gasteiger charge is -2.17. The van der Waals surface area contributed by atoms with Crippen molar-refractivity contribution in [1.82, 2.24) is 4.98 Å². The quantitative estimate of drug-likeness (QED) is 0.199. The van der Waals surface area contributed by atoms with Gasteiger partial charge in [0.2, 0.25) is 11.7 Å². The van der Waals surface area contributed by atoms with E-state index in [1.54, 1.807) is 66.9 Å². The summed E-state index contributed by atoms with van der Waals surface area (Å²) in [6, 6.07) is 22.4. The van der Waals surface area contributed by atoms with Crippen molar-refractivity contribution in [1.29, 1.82) is 0 Å². The van der Waals surface area contributed by atoms with Gasteiger partial charge in [0.05, 0.1) is 17.6 Å². The highest BCUT2D eigenvalue weighted by Gasteiger charge is 2.26. The summed E-state index contributed by atoms with van der Waals surface area (Å²) in [6.07, 6.45) is 0.209. The molecule has 0 unspecified atom stereocenters. The molecule has 0 saturated carbocycles. The van der Waals surface area contributed by atoms with Crippen molar-refractivity contribution in [2.75, 3.05) is 5.32 Å². The predicted octanol–water partition coefficient (Wildman–Crippen LogP) is 6.54. The van der Waals surface area contributed by atoms with Crippen LogP contribution in [0.2, 0.25) is 5.02 Å². The van der Waals surface area contributed by atoms with Gasteiger partial charge in [0.1, 0.15) is 0 Å². The number of pyridine rings is 1. The molecule has 1 amide bonds. The van der Waals surface area contributed by atoms with Gasteiger partial charge >= 0.3 is 5.97 Å². The molecule has 0 aliphatic heterocycles. The van der Waals surface area contributed by atoms with Crippen LogP contribution in [0, 0.1) is 0 Å². The summed E-state index contributed by atoms with van der Waals surface area (Å²) >= 11 is 9.40. The summed E-state index contributed by atoms with van der Waals surface area (Å²) in [5.41, 5.74) is 2.08. The van der Waals surface area contributed by atoms with Gasteiger partial charge in [-0.25, -0.2) is 0 Å². The zero-order valence-electron chi connectivity index (χ0n) is 18.4. The highest BCUT2D eigenvalue weighted by Crippen LogP contribution is 2.29. The van der Waals surface area contributed by atoms with Crippen LogP contribution in [0.1, 0.15) is 34.9 Å². The summed E-state index contributed by atoms with van der Waals surface area (Å²) in [5.74, 6) is -1.40. The Hall–Kier alpha value is -3.55. The van der Waals surface area contributed by atoms with Gasteiger partial charge in [0.25, 0.3) is 0 Å². The van der Waals surface area contributed by atoms with Crippen molar-refractivity contribution < 1.29 is 19.1 Å². The molecule has 6 nitrogen and oxygen atoms in total. The number of hydrogen-bond donors (Lipinski definition) is 1. The van der Waals surface area contributed by atoms with Crippen molar-refractivity contribution in [3.8, 4) is 0 Å². The van der Waals surface area contributed by atoms with Gasteiger partial charge in [-0.3, -0.25) is 19.4 Å². The third-order valence-electron chi connectivity index (χ3n) is 5.27. The van der Waals surface area contributed by atoms with Crippen LogP contribution in [-0.2, 0) is 14.3 Å². The molecule has 8 heteroatoms. The summed E-state index contributed by atoms with van der Waals surface area (Å²) in [6.45, 7) is 0. The Bertz CT molecular complexity index is 1380. The number of anilines is 1. The minimum absolute atomic E-state index is 0.111. The number of rotatable bonds is 8. The second-order valence-corrected chi connectivity index (χ2v) is 8.99. The first-order valence-corrected chi connectivity index (χ1v) is 12.0. The second kappa shape index (κ2) is 11.3. The van der Waals surface area contributed by atoms with Crippen LogP contribution in [0.4, 0.5) is 5.69 Å². The summed E-state index contributed by atoms with van der Waals surface area (Å²) in [4.78, 5) is 42.6. The number of carbonyl (C=O) groups is 3. The van der Waals surface area contributed by atoms with E-state index < -0.39 is 12.1 Å². The smallest absolute Gasteiger partial charge is 0.307 e. The maximum Gasteiger partial charge on any atom is 0.307 e. The van der Waals surface area contributed by atoms with Crippen molar-refractivity contribution in [3.05, 3.63) is 106 Å². The number of carbonyl (C=O) groups excluding carboxylic acids is 3. The zero-order valence-corrected chi connectivity index (χ0v) is 20.8. The van der Waals surface area contributed by atoms with E-state index >= 15 is 0 Å². The number of amides is 1. The predicted molar refractivity (Wildman–Crippen MR) is 138 cm³/mol. The average Bonchev–Trinajstić information content (AvgIpc) is 2.88. The summed E-state index contributed by atoms with van der Waals surface area (Å²) in [5, 5.41) is 4.15. The number of Topliss-reactive ketones (excluding diaryl/α,β-unsaturated/α-hetero) is 1. The number of hydrogen-bond acceptors (Lipinski definition) is 5. The second-order valence-electron chi connectivity index (χ2n) is 7.69. The maximum atomic E-state index is 13.1. The fourth-order valence-electron chi connectivity index (χ4n) is 3.52. The van der Waals surface area contributed by atoms with E-state index in [0.29, 0.717) is 27.4 Å². The molecule has 0 radical (unpaired) electrons. The van der Waals surface area contributed by atoms with Gasteiger partial charge in [-0.1, -0.05) is 63.9 Å². The molecule has 3 aromatic carbocycles. The Morgan fingerprint density at radius 1 is 0.914 bits per heavy atom. The summed E-state index contributed by atoms with van der Waals surface area (Å²) < 4.78 is 6.41. The molecule has 0 spiro atoms. The van der Waals surface area contributed by atoms with E-state index in [1.807, 2.05) is 18.2 Å². The van der Waals surface area contributed by atoms with Crippen LogP contribution >= 0.6 is 27.5 Å². The molecule has 1 N–H and O–H groups in total. The number of nitrogens with one attached hydrogen (secondary N) is 1. The van der Waals surface area contributed by atoms with E-state index in [9.17, 15) is 14.4 Å². The van der Waals surface area contributed by atoms with Crippen LogP contribution in [0.25, 0.3) is 10.9 Å². The molecular formula is C27H20BrClN2O4. The summed E-state index contributed by atoms with van der Waals surface area (Å²) in [7, 11) is 0. The Labute approximate surface area is 215 Å². The van der Waals surface area contributed by atoms with Crippen molar-refractivity contribution in [2.24, 2.45) is 0 Å². The standard InChI is InChI=1S/C27H20BrClN2O4/c28-21-12-13-22(25-20(21)7-4-16-30-25)31-23(32)14-15-24(33)35-27(18-5-2-1-3-6-18)26(34)17-8-10-19(29)11-9-17/h1-13,16,27H,14-15H2,(H,31,32)/t27-/m1/s1. The van der Waals surface area contributed by atoms with Gasteiger partial charge in [-0.2, -0.15) is 0 Å². The Morgan fingerprint density at radius 3 is 2.40 bits per heavy atom. The van der Waals surface area contributed by atoms with Crippen molar-refractivity contribution in [3.63, 3.8) is 0 Å². The molecule has 0 bridgehead atoms. The van der Waals surface area contributed by atoms with Gasteiger partial charge in [0, 0.05) is 38.6 Å². The number of esters is 1. The third-order valence-corrected chi connectivity index (χ3v) is 6.21. The average molecular weight is 552 g/mol. The van der Waals surface area contributed by atoms with Gasteiger partial charge < -0.3 is 10.1 Å². The van der Waals surface area contributed by atoms with Gasteiger partial charge in [-0.05, 0) is 42.5 Å². The molecule has 0 aliphatic rings. The molecule has 176 valence electrons. The van der Waals surface area contributed by atoms with Crippen molar-refractivity contribution >= 4 is 61.8 Å². The first kappa shape index (κ1) is 24.6. The molecule has 0 aliphatic carbocycles. The Morgan fingerprint density at radius 2 is 1.66 bits per heavy atom. The van der Waals surface area contributed by atoms with Crippen LogP contribution < -0.4 is 5.32 Å². The molecule has 0 fully saturated rings. The zero-order chi connectivity index (χ0) is 24.8. The minimum atomic E-state index is -1.13. The Kier molecular flexibility index (Phi) is 7.90. The normalized spacial score (nSPS) is 11.6. The van der Waals surface area contributed by atoms with E-state index in [2.05, 4.69) is 26.2 Å². The first-order valence-electron chi connectivity index (χ1n) is 10.8. The van der Waals surface area contributed by atoms with E-state index in [4.69, 9.17) is 16.3 Å². The van der Waals surface area contributed by atoms with Gasteiger partial charge in [-0.15, -0.1) is 0 Å². The highest BCUT2D eigenvalue weighted by atomic mass is 79.9. The number of halogens is 2. The molecule has 35 heavy (non-hydrogen) atoms. The molecule has 1 aromatic heterocycles. The molecule has 1 atom stereocenters. The monoisotopic (exact) mass is 550 g/mol. The van der Waals surface area contributed by atoms with Crippen molar-refractivity contribution in [2.45, 2.75) is 18.9 Å². The topological polar surface area (TPSA) is 85.4 Å². The SMILES string of the molecule is O=C(CCC(=O)O[C@@H](C(=O)c1ccc(Cl)cc1)c1ccccc1)Nc1ccc(Br)c2cccnc12. The van der Waals surface area contributed by atoms with Crippen LogP contribution in [0.15, 0.2) is 89.5 Å². The lowest BCUT2D eigenvalue weighted by atomic mass is 10.00. The number of ketones is 1. The molecule has 4 aromatic rings. The van der Waals surface area contributed by atoms with Crippen LogP contribution in [-0.4, -0.2) is 22.6 Å². The number of fused-ring (bicyclic) bond motifs is 1. The lowest BCUT2D eigenvalue weighted by Crippen LogP contribution is -2.21. The van der Waals surface area contributed by atoms with E-state index in [1.165, 1.54) is 0 Å².